The smallest absolute Gasteiger partial charge is 0.321 e. The first-order valence-electron chi connectivity index (χ1n) is 9.38. The van der Waals surface area contributed by atoms with Gasteiger partial charge in [0.05, 0.1) is 11.7 Å². The Bertz CT molecular complexity index is 1130. The van der Waals surface area contributed by atoms with Gasteiger partial charge in [-0.05, 0) is 37.2 Å². The van der Waals surface area contributed by atoms with Crippen LogP contribution in [0.15, 0.2) is 29.1 Å². The van der Waals surface area contributed by atoms with E-state index in [-0.39, 0.29) is 5.92 Å². The van der Waals surface area contributed by atoms with Crippen LogP contribution in [0, 0.1) is 11.8 Å². The predicted molar refractivity (Wildman–Crippen MR) is 103 cm³/mol. The summed E-state index contributed by atoms with van der Waals surface area (Å²) in [4.78, 5) is 12.1. The number of aromatic nitrogens is 4. The molecule has 27 heavy (non-hydrogen) atoms. The molecule has 0 amide bonds. The molecule has 0 bridgehead atoms. The second kappa shape index (κ2) is 6.13. The van der Waals surface area contributed by atoms with Gasteiger partial charge in [-0.25, -0.2) is 9.97 Å². The number of aromatic amines is 1. The van der Waals surface area contributed by atoms with Crippen LogP contribution in [-0.2, 0) is 10.2 Å². The van der Waals surface area contributed by atoms with Crippen molar-refractivity contribution in [1.82, 2.24) is 23.7 Å². The maximum absolute atomic E-state index is 12.2. The van der Waals surface area contributed by atoms with Crippen LogP contribution in [0.4, 0.5) is 0 Å². The number of fused-ring (bicyclic) bond motifs is 3. The number of hydrogen-bond donors (Lipinski definition) is 1. The minimum absolute atomic E-state index is 0.162. The summed E-state index contributed by atoms with van der Waals surface area (Å²) in [6, 6.07) is 2.01. The minimum atomic E-state index is -3.48. The van der Waals surface area contributed by atoms with Gasteiger partial charge in [0.25, 0.3) is 0 Å². The first kappa shape index (κ1) is 16.9. The third-order valence-electron chi connectivity index (χ3n) is 5.91. The number of H-pyrrole nitrogens is 1. The first-order valence-corrected chi connectivity index (χ1v) is 10.8. The molecule has 1 saturated carbocycles. The van der Waals surface area contributed by atoms with E-state index in [1.54, 1.807) is 12.4 Å². The Hall–Kier alpha value is -2.26. The SMILES string of the molecule is C[C@@H]1CC(/C=N\S(=O)(=O)N2CCC2)C[C@@H]1c1cnc2cnc3[nH]ccc3n12. The van der Waals surface area contributed by atoms with Crippen LogP contribution in [0.1, 0.15) is 37.8 Å². The van der Waals surface area contributed by atoms with Crippen molar-refractivity contribution in [2.24, 2.45) is 16.2 Å². The highest BCUT2D eigenvalue weighted by atomic mass is 32.2. The zero-order valence-corrected chi connectivity index (χ0v) is 15.9. The largest absolute Gasteiger partial charge is 0.345 e. The van der Waals surface area contributed by atoms with Gasteiger partial charge in [-0.2, -0.15) is 17.1 Å². The maximum atomic E-state index is 12.2. The standard InChI is InChI=1S/C18H22N6O2S/c1-12-7-13(9-22-27(25,26)23-5-2-6-23)8-14(12)16-10-20-17-11-21-18-15(24(16)17)3-4-19-18/h3-4,9-14,19H,2,5-8H2,1H3/b22-9-/t12-,13?,14+/m1/s1. The number of nitrogens with one attached hydrogen (secondary N) is 1. The molecule has 1 aliphatic carbocycles. The lowest BCUT2D eigenvalue weighted by Crippen LogP contribution is -2.40. The van der Waals surface area contributed by atoms with Crippen LogP contribution in [0.3, 0.4) is 0 Å². The molecule has 1 unspecified atom stereocenters. The molecule has 0 aromatic carbocycles. The van der Waals surface area contributed by atoms with E-state index < -0.39 is 10.2 Å². The number of rotatable bonds is 4. The van der Waals surface area contributed by atoms with Gasteiger partial charge in [-0.1, -0.05) is 6.92 Å². The van der Waals surface area contributed by atoms with E-state index in [4.69, 9.17) is 0 Å². The van der Waals surface area contributed by atoms with Crippen LogP contribution in [0.25, 0.3) is 16.8 Å². The summed E-state index contributed by atoms with van der Waals surface area (Å²) in [6.45, 7) is 3.40. The Morgan fingerprint density at radius 2 is 2.11 bits per heavy atom. The zero-order valence-electron chi connectivity index (χ0n) is 15.1. The molecule has 1 saturated heterocycles. The molecule has 4 heterocycles. The summed E-state index contributed by atoms with van der Waals surface area (Å²) < 4.78 is 31.9. The van der Waals surface area contributed by atoms with Crippen molar-refractivity contribution in [3.63, 3.8) is 0 Å². The Kier molecular flexibility index (Phi) is 3.83. The fourth-order valence-corrected chi connectivity index (χ4v) is 5.51. The number of imidazole rings is 1. The second-order valence-corrected chi connectivity index (χ2v) is 9.27. The van der Waals surface area contributed by atoms with Gasteiger partial charge in [0, 0.05) is 43.3 Å². The molecule has 8 nitrogen and oxygen atoms in total. The third kappa shape index (κ3) is 2.76. The van der Waals surface area contributed by atoms with Crippen LogP contribution < -0.4 is 0 Å². The lowest BCUT2D eigenvalue weighted by molar-refractivity contribution is 0.310. The second-order valence-electron chi connectivity index (χ2n) is 7.65. The molecular weight excluding hydrogens is 364 g/mol. The lowest BCUT2D eigenvalue weighted by atomic mass is 9.95. The minimum Gasteiger partial charge on any atom is -0.345 e. The van der Waals surface area contributed by atoms with Gasteiger partial charge in [0.1, 0.15) is 0 Å². The van der Waals surface area contributed by atoms with Crippen molar-refractivity contribution >= 4 is 33.2 Å². The van der Waals surface area contributed by atoms with Crippen molar-refractivity contribution in [1.29, 1.82) is 0 Å². The highest BCUT2D eigenvalue weighted by Gasteiger charge is 2.34. The summed E-state index contributed by atoms with van der Waals surface area (Å²) in [7, 11) is -3.48. The van der Waals surface area contributed by atoms with Gasteiger partial charge in [-0.15, -0.1) is 0 Å². The first-order chi connectivity index (χ1) is 13.0. The van der Waals surface area contributed by atoms with Crippen molar-refractivity contribution in [2.45, 2.75) is 32.1 Å². The average Bonchev–Trinajstić information content (AvgIpc) is 3.27. The molecule has 1 N–H and O–H groups in total. The van der Waals surface area contributed by atoms with Gasteiger partial charge in [0.15, 0.2) is 11.3 Å². The molecule has 9 heteroatoms. The summed E-state index contributed by atoms with van der Waals surface area (Å²) >= 11 is 0. The maximum Gasteiger partial charge on any atom is 0.321 e. The molecule has 0 spiro atoms. The molecule has 2 fully saturated rings. The van der Waals surface area contributed by atoms with Gasteiger partial charge < -0.3 is 4.98 Å². The monoisotopic (exact) mass is 386 g/mol. The fourth-order valence-electron chi connectivity index (χ4n) is 4.33. The molecule has 0 radical (unpaired) electrons. The van der Waals surface area contributed by atoms with Gasteiger partial charge in [-0.3, -0.25) is 4.40 Å². The molecule has 3 aromatic rings. The summed E-state index contributed by atoms with van der Waals surface area (Å²) in [6.07, 6.45) is 9.98. The Labute approximate surface area is 157 Å². The lowest BCUT2D eigenvalue weighted by Gasteiger charge is -2.27. The molecule has 3 aromatic heterocycles. The molecule has 142 valence electrons. The summed E-state index contributed by atoms with van der Waals surface area (Å²) in [5.41, 5.74) is 3.85. The van der Waals surface area contributed by atoms with Crippen molar-refractivity contribution in [2.75, 3.05) is 13.1 Å². The van der Waals surface area contributed by atoms with E-state index in [0.29, 0.717) is 24.9 Å². The molecule has 2 aliphatic rings. The molecule has 3 atom stereocenters. The quantitative estimate of drug-likeness (QED) is 0.696. The number of hydrogen-bond acceptors (Lipinski definition) is 4. The van der Waals surface area contributed by atoms with Crippen molar-refractivity contribution < 1.29 is 8.42 Å². The van der Waals surface area contributed by atoms with E-state index in [1.165, 1.54) is 4.31 Å². The predicted octanol–water partition coefficient (Wildman–Crippen LogP) is 2.36. The highest BCUT2D eigenvalue weighted by molar-refractivity contribution is 7.87. The van der Waals surface area contributed by atoms with Crippen LogP contribution in [0.5, 0.6) is 0 Å². The zero-order chi connectivity index (χ0) is 18.6. The van der Waals surface area contributed by atoms with E-state index in [0.717, 1.165) is 41.8 Å². The Morgan fingerprint density at radius 3 is 2.89 bits per heavy atom. The highest BCUT2D eigenvalue weighted by Crippen LogP contribution is 2.42. The fraction of sp³-hybridized carbons (Fsp3) is 0.500. The van der Waals surface area contributed by atoms with Crippen LogP contribution in [0.2, 0.25) is 0 Å². The topological polar surface area (TPSA) is 95.7 Å². The number of nitrogens with zero attached hydrogens (tertiary/aromatic N) is 5. The summed E-state index contributed by atoms with van der Waals surface area (Å²) in [5.74, 6) is 0.897. The summed E-state index contributed by atoms with van der Waals surface area (Å²) in [5, 5.41) is 0. The van der Waals surface area contributed by atoms with E-state index >= 15 is 0 Å². The Morgan fingerprint density at radius 1 is 1.26 bits per heavy atom. The van der Waals surface area contributed by atoms with Crippen molar-refractivity contribution in [3.8, 4) is 0 Å². The molecule has 5 rings (SSSR count). The van der Waals surface area contributed by atoms with Crippen molar-refractivity contribution in [3.05, 3.63) is 30.4 Å². The van der Waals surface area contributed by atoms with Crippen LogP contribution >= 0.6 is 0 Å². The van der Waals surface area contributed by atoms with E-state index in [2.05, 4.69) is 30.7 Å². The molecular formula is C18H22N6O2S. The average molecular weight is 386 g/mol. The van der Waals surface area contributed by atoms with Gasteiger partial charge >= 0.3 is 10.2 Å². The Balaban J connectivity index is 1.43. The molecule has 1 aliphatic heterocycles. The normalized spacial score (nSPS) is 27.1. The van der Waals surface area contributed by atoms with Crippen LogP contribution in [-0.4, -0.2) is 51.4 Å². The van der Waals surface area contributed by atoms with E-state index in [9.17, 15) is 8.42 Å². The third-order valence-corrected chi connectivity index (χ3v) is 7.32. The van der Waals surface area contributed by atoms with E-state index in [1.807, 2.05) is 18.5 Å². The van der Waals surface area contributed by atoms with Gasteiger partial charge in [0.2, 0.25) is 0 Å².